The van der Waals surface area contributed by atoms with Crippen molar-refractivity contribution in [2.75, 3.05) is 18.5 Å². The Morgan fingerprint density at radius 1 is 1.53 bits per heavy atom. The smallest absolute Gasteiger partial charge is 0.256 e. The second-order valence-corrected chi connectivity index (χ2v) is 4.93. The van der Waals surface area contributed by atoms with Crippen LogP contribution in [0, 0.1) is 0 Å². The fraction of sp³-hybridized carbons (Fsp3) is 0.500. The molecule has 2 heterocycles. The van der Waals surface area contributed by atoms with E-state index in [1.807, 2.05) is 11.8 Å². The Labute approximate surface area is 112 Å². The third-order valence-corrected chi connectivity index (χ3v) is 3.82. The maximum atomic E-state index is 12.5. The molecule has 5 nitrogen and oxygen atoms in total. The lowest BCUT2D eigenvalue weighted by atomic mass is 10.1. The second kappa shape index (κ2) is 4.74. The molecule has 5 heteroatoms. The van der Waals surface area contributed by atoms with Gasteiger partial charge >= 0.3 is 0 Å². The number of nitrogens with one attached hydrogen (secondary N) is 1. The Kier molecular flexibility index (Phi) is 3.06. The van der Waals surface area contributed by atoms with Crippen LogP contribution in [0.2, 0.25) is 0 Å². The highest BCUT2D eigenvalue weighted by molar-refractivity contribution is 6.02. The topological polar surface area (TPSA) is 61.8 Å². The van der Waals surface area contributed by atoms with Gasteiger partial charge in [0.05, 0.1) is 17.3 Å². The highest BCUT2D eigenvalue weighted by Crippen LogP contribution is 2.36. The van der Waals surface area contributed by atoms with Crippen molar-refractivity contribution in [3.63, 3.8) is 0 Å². The summed E-state index contributed by atoms with van der Waals surface area (Å²) in [6.07, 6.45) is 1.67. The fourth-order valence-corrected chi connectivity index (χ4v) is 2.95. The summed E-state index contributed by atoms with van der Waals surface area (Å²) in [5, 5.41) is 13.2. The largest absolute Gasteiger partial charge is 0.506 e. The minimum Gasteiger partial charge on any atom is -0.506 e. The number of carbonyl (C=O) groups excluding carboxylic acids is 1. The van der Waals surface area contributed by atoms with Gasteiger partial charge in [-0.05, 0) is 31.9 Å². The molecule has 0 aliphatic carbocycles. The van der Waals surface area contributed by atoms with Crippen LogP contribution in [0.15, 0.2) is 18.2 Å². The van der Waals surface area contributed by atoms with E-state index in [0.717, 1.165) is 19.4 Å². The van der Waals surface area contributed by atoms with Gasteiger partial charge in [0.25, 0.3) is 5.91 Å². The van der Waals surface area contributed by atoms with E-state index in [4.69, 9.17) is 4.74 Å². The molecule has 2 N–H and O–H groups in total. The fourth-order valence-electron chi connectivity index (χ4n) is 2.95. The Balaban J connectivity index is 2.06. The lowest BCUT2D eigenvalue weighted by Gasteiger charge is -2.28. The number of ether oxygens (including phenoxy) is 1. The zero-order valence-corrected chi connectivity index (χ0v) is 10.9. The summed E-state index contributed by atoms with van der Waals surface area (Å²) in [5.41, 5.74) is 1.01. The van der Waals surface area contributed by atoms with Crippen molar-refractivity contribution in [1.29, 1.82) is 0 Å². The normalized spacial score (nSPS) is 25.5. The minimum absolute atomic E-state index is 0.0249. The van der Waals surface area contributed by atoms with Gasteiger partial charge in [-0.15, -0.1) is 0 Å². The number of anilines is 1. The number of phenols is 1. The SMILES string of the molecule is CCOC1Nc2c(O)cccc2C(=O)N2CCCC12. The molecule has 1 aromatic carbocycles. The molecule has 2 aliphatic rings. The molecule has 1 amide bonds. The van der Waals surface area contributed by atoms with Crippen molar-refractivity contribution in [1.82, 2.24) is 4.90 Å². The van der Waals surface area contributed by atoms with Crippen LogP contribution >= 0.6 is 0 Å². The molecule has 0 spiro atoms. The number of benzene rings is 1. The third kappa shape index (κ3) is 1.94. The van der Waals surface area contributed by atoms with Crippen LogP contribution in [0.1, 0.15) is 30.1 Å². The Hall–Kier alpha value is -1.75. The van der Waals surface area contributed by atoms with Gasteiger partial charge < -0.3 is 20.1 Å². The summed E-state index contributed by atoms with van der Waals surface area (Å²) in [6.45, 7) is 3.25. The highest BCUT2D eigenvalue weighted by Gasteiger charge is 2.40. The van der Waals surface area contributed by atoms with E-state index < -0.39 is 0 Å². The molecule has 102 valence electrons. The van der Waals surface area contributed by atoms with Crippen LogP contribution in [-0.2, 0) is 4.74 Å². The van der Waals surface area contributed by atoms with E-state index >= 15 is 0 Å². The summed E-state index contributed by atoms with van der Waals surface area (Å²) >= 11 is 0. The summed E-state index contributed by atoms with van der Waals surface area (Å²) < 4.78 is 5.72. The summed E-state index contributed by atoms with van der Waals surface area (Å²) in [4.78, 5) is 14.4. The number of hydrogen-bond acceptors (Lipinski definition) is 4. The maximum Gasteiger partial charge on any atom is 0.256 e. The van der Waals surface area contributed by atoms with Gasteiger partial charge in [0.15, 0.2) is 0 Å². The lowest BCUT2D eigenvalue weighted by molar-refractivity contribution is 0.0232. The molecule has 1 fully saturated rings. The number of hydrogen-bond donors (Lipinski definition) is 2. The molecule has 0 aromatic heterocycles. The molecule has 0 bridgehead atoms. The molecule has 0 radical (unpaired) electrons. The number of carbonyl (C=O) groups is 1. The first-order valence-electron chi connectivity index (χ1n) is 6.73. The van der Waals surface area contributed by atoms with Crippen molar-refractivity contribution < 1.29 is 14.6 Å². The zero-order valence-electron chi connectivity index (χ0n) is 10.9. The van der Waals surface area contributed by atoms with Crippen LogP contribution in [-0.4, -0.2) is 41.3 Å². The Morgan fingerprint density at radius 2 is 2.37 bits per heavy atom. The minimum atomic E-state index is -0.258. The van der Waals surface area contributed by atoms with Gasteiger partial charge in [0, 0.05) is 13.2 Å². The molecule has 2 atom stereocenters. The maximum absolute atomic E-state index is 12.5. The van der Waals surface area contributed by atoms with E-state index in [-0.39, 0.29) is 23.9 Å². The molecule has 0 saturated carbocycles. The predicted octanol–water partition coefficient (Wildman–Crippen LogP) is 1.78. The molecular formula is C14H18N2O3. The molecule has 19 heavy (non-hydrogen) atoms. The van der Waals surface area contributed by atoms with Crippen LogP contribution in [0.5, 0.6) is 5.75 Å². The van der Waals surface area contributed by atoms with E-state index in [1.54, 1.807) is 18.2 Å². The molecule has 2 unspecified atom stereocenters. The van der Waals surface area contributed by atoms with Crippen molar-refractivity contribution in [2.45, 2.75) is 32.0 Å². The number of rotatable bonds is 2. The monoisotopic (exact) mass is 262 g/mol. The van der Waals surface area contributed by atoms with Crippen LogP contribution < -0.4 is 5.32 Å². The van der Waals surface area contributed by atoms with Gasteiger partial charge in [0.2, 0.25) is 0 Å². The number of amides is 1. The van der Waals surface area contributed by atoms with Crippen LogP contribution in [0.25, 0.3) is 0 Å². The number of phenolic OH excluding ortho intramolecular Hbond substituents is 1. The summed E-state index contributed by atoms with van der Waals surface area (Å²) in [6, 6.07) is 5.06. The van der Waals surface area contributed by atoms with Gasteiger partial charge in [-0.2, -0.15) is 0 Å². The van der Waals surface area contributed by atoms with Crippen molar-refractivity contribution in [3.8, 4) is 5.75 Å². The predicted molar refractivity (Wildman–Crippen MR) is 71.2 cm³/mol. The average molecular weight is 262 g/mol. The van der Waals surface area contributed by atoms with Gasteiger partial charge in [-0.25, -0.2) is 0 Å². The molecule has 2 aliphatic heterocycles. The average Bonchev–Trinajstić information content (AvgIpc) is 2.84. The second-order valence-electron chi connectivity index (χ2n) is 4.93. The summed E-state index contributed by atoms with van der Waals surface area (Å²) in [7, 11) is 0. The van der Waals surface area contributed by atoms with Crippen molar-refractivity contribution in [2.24, 2.45) is 0 Å². The standard InChI is InChI=1S/C14H18N2O3/c1-2-19-13-10-6-4-8-16(10)14(18)9-5-3-7-11(17)12(9)15-13/h3,5,7,10,13,15,17H,2,4,6,8H2,1H3. The molecule has 1 aromatic rings. The van der Waals surface area contributed by atoms with E-state index in [9.17, 15) is 9.90 Å². The highest BCUT2D eigenvalue weighted by atomic mass is 16.5. The first kappa shape index (κ1) is 12.3. The van der Waals surface area contributed by atoms with Gasteiger partial charge in [0.1, 0.15) is 12.0 Å². The molecular weight excluding hydrogens is 244 g/mol. The van der Waals surface area contributed by atoms with Gasteiger partial charge in [-0.1, -0.05) is 6.07 Å². The first-order valence-corrected chi connectivity index (χ1v) is 6.73. The first-order chi connectivity index (χ1) is 9.22. The number of fused-ring (bicyclic) bond motifs is 2. The van der Waals surface area contributed by atoms with Crippen molar-refractivity contribution >= 4 is 11.6 Å². The quantitative estimate of drug-likeness (QED) is 0.798. The van der Waals surface area contributed by atoms with Crippen LogP contribution in [0.4, 0.5) is 5.69 Å². The number of aromatic hydroxyl groups is 1. The Morgan fingerprint density at radius 3 is 3.16 bits per heavy atom. The molecule has 1 saturated heterocycles. The van der Waals surface area contributed by atoms with Crippen LogP contribution in [0.3, 0.4) is 0 Å². The van der Waals surface area contributed by atoms with Gasteiger partial charge in [-0.3, -0.25) is 4.79 Å². The van der Waals surface area contributed by atoms with Crippen molar-refractivity contribution in [3.05, 3.63) is 23.8 Å². The zero-order chi connectivity index (χ0) is 13.4. The van der Waals surface area contributed by atoms with E-state index in [1.165, 1.54) is 0 Å². The lowest BCUT2D eigenvalue weighted by Crippen LogP contribution is -2.44. The third-order valence-electron chi connectivity index (χ3n) is 3.82. The summed E-state index contributed by atoms with van der Waals surface area (Å²) in [5.74, 6) is 0.0693. The Bertz CT molecular complexity index is 503. The van der Waals surface area contributed by atoms with E-state index in [2.05, 4.69) is 5.32 Å². The van der Waals surface area contributed by atoms with E-state index in [0.29, 0.717) is 17.9 Å². The number of nitrogens with zero attached hydrogens (tertiary/aromatic N) is 1. The molecule has 3 rings (SSSR count). The number of para-hydroxylation sites is 1.